The number of nitrogens with zero attached hydrogens (tertiary/aromatic N) is 1. The van der Waals surface area contributed by atoms with Crippen LogP contribution in [0.3, 0.4) is 0 Å². The molecule has 2 heterocycles. The van der Waals surface area contributed by atoms with Crippen LogP contribution >= 0.6 is 23.5 Å². The molecule has 3 fully saturated rings. The Balaban J connectivity index is 1.67. The van der Waals surface area contributed by atoms with Crippen LogP contribution in [0.15, 0.2) is 0 Å². The Morgan fingerprint density at radius 3 is 2.76 bits per heavy atom. The summed E-state index contributed by atoms with van der Waals surface area (Å²) in [6.07, 6.45) is 7.69. The highest BCUT2D eigenvalue weighted by atomic mass is 32.2. The maximum Gasteiger partial charge on any atom is 0.241 e. The molecule has 120 valence electrons. The molecule has 0 aromatic rings. The molecule has 1 N–H and O–H groups in total. The standard InChI is InChI=1S/C16H28N2OS2/c1-2-5-14-16(19)18(10-13-11-20-8-9-21-13)15(17-14)12-6-3-4-7-12/h12-15,17H,2-11H2,1H3. The van der Waals surface area contributed by atoms with Crippen molar-refractivity contribution in [2.45, 2.75) is 62.9 Å². The van der Waals surface area contributed by atoms with E-state index in [2.05, 4.69) is 40.7 Å². The second-order valence-electron chi connectivity index (χ2n) is 6.56. The first-order chi connectivity index (χ1) is 10.3. The SMILES string of the molecule is CCCC1NC(C2CCCC2)N(CC2CSCCS2)C1=O. The predicted octanol–water partition coefficient (Wildman–Crippen LogP) is 2.95. The Kier molecular flexibility index (Phi) is 5.79. The van der Waals surface area contributed by atoms with Crippen molar-refractivity contribution in [1.82, 2.24) is 10.2 Å². The number of hydrogen-bond acceptors (Lipinski definition) is 4. The van der Waals surface area contributed by atoms with Gasteiger partial charge in [0.25, 0.3) is 0 Å². The molecule has 1 saturated carbocycles. The van der Waals surface area contributed by atoms with Crippen LogP contribution in [-0.4, -0.2) is 52.1 Å². The van der Waals surface area contributed by atoms with E-state index in [0.717, 1.165) is 19.4 Å². The molecule has 0 radical (unpaired) electrons. The first-order valence-corrected chi connectivity index (χ1v) is 10.8. The zero-order chi connectivity index (χ0) is 14.7. The normalized spacial score (nSPS) is 34.8. The quantitative estimate of drug-likeness (QED) is 0.841. The van der Waals surface area contributed by atoms with Crippen molar-refractivity contribution in [3.8, 4) is 0 Å². The lowest BCUT2D eigenvalue weighted by Gasteiger charge is -2.33. The van der Waals surface area contributed by atoms with E-state index in [1.807, 2.05) is 0 Å². The molecule has 21 heavy (non-hydrogen) atoms. The van der Waals surface area contributed by atoms with Crippen molar-refractivity contribution in [3.63, 3.8) is 0 Å². The van der Waals surface area contributed by atoms with E-state index in [0.29, 0.717) is 23.2 Å². The van der Waals surface area contributed by atoms with Gasteiger partial charge in [0.2, 0.25) is 5.91 Å². The van der Waals surface area contributed by atoms with E-state index in [9.17, 15) is 4.79 Å². The third-order valence-electron chi connectivity index (χ3n) is 5.00. The van der Waals surface area contributed by atoms with Crippen LogP contribution in [0, 0.1) is 5.92 Å². The molecule has 5 heteroatoms. The van der Waals surface area contributed by atoms with E-state index in [1.54, 1.807) is 0 Å². The summed E-state index contributed by atoms with van der Waals surface area (Å²) in [4.78, 5) is 15.0. The van der Waals surface area contributed by atoms with Crippen molar-refractivity contribution < 1.29 is 4.79 Å². The molecule has 0 aromatic heterocycles. The Hall–Kier alpha value is 0.130. The third-order valence-corrected chi connectivity index (χ3v) is 7.83. The number of rotatable bonds is 5. The lowest BCUT2D eigenvalue weighted by molar-refractivity contribution is -0.130. The van der Waals surface area contributed by atoms with Crippen LogP contribution in [0.2, 0.25) is 0 Å². The molecule has 1 aliphatic carbocycles. The van der Waals surface area contributed by atoms with Crippen molar-refractivity contribution in [2.75, 3.05) is 23.8 Å². The average Bonchev–Trinajstić information content (AvgIpc) is 3.12. The minimum Gasteiger partial charge on any atom is -0.324 e. The number of carbonyl (C=O) groups is 1. The minimum absolute atomic E-state index is 0.0850. The van der Waals surface area contributed by atoms with Gasteiger partial charge < -0.3 is 4.90 Å². The van der Waals surface area contributed by atoms with E-state index in [4.69, 9.17) is 0 Å². The fraction of sp³-hybridized carbons (Fsp3) is 0.938. The molecule has 1 amide bonds. The summed E-state index contributed by atoms with van der Waals surface area (Å²) in [6, 6.07) is 0.0850. The molecule has 2 saturated heterocycles. The second kappa shape index (κ2) is 7.60. The highest BCUT2D eigenvalue weighted by molar-refractivity contribution is 8.06. The van der Waals surface area contributed by atoms with Crippen molar-refractivity contribution in [3.05, 3.63) is 0 Å². The summed E-state index contributed by atoms with van der Waals surface area (Å²) in [5, 5.41) is 4.32. The van der Waals surface area contributed by atoms with Crippen LogP contribution in [-0.2, 0) is 4.79 Å². The maximum atomic E-state index is 12.8. The van der Waals surface area contributed by atoms with Gasteiger partial charge in [-0.25, -0.2) is 0 Å². The molecule has 2 aliphatic heterocycles. The van der Waals surface area contributed by atoms with Gasteiger partial charge in [-0.3, -0.25) is 10.1 Å². The minimum atomic E-state index is 0.0850. The highest BCUT2D eigenvalue weighted by Crippen LogP contribution is 2.34. The Bertz CT molecular complexity index is 354. The Labute approximate surface area is 137 Å². The number of hydrogen-bond donors (Lipinski definition) is 1. The van der Waals surface area contributed by atoms with Gasteiger partial charge in [0.15, 0.2) is 0 Å². The molecular weight excluding hydrogens is 300 g/mol. The van der Waals surface area contributed by atoms with Gasteiger partial charge in [-0.05, 0) is 25.2 Å². The first-order valence-electron chi connectivity index (χ1n) is 8.55. The van der Waals surface area contributed by atoms with Gasteiger partial charge in [0.1, 0.15) is 0 Å². The first kappa shape index (κ1) is 16.0. The van der Waals surface area contributed by atoms with Crippen LogP contribution in [0.4, 0.5) is 0 Å². The second-order valence-corrected chi connectivity index (χ2v) is 9.11. The lowest BCUT2D eigenvalue weighted by Crippen LogP contribution is -2.46. The molecule has 0 bridgehead atoms. The topological polar surface area (TPSA) is 32.3 Å². The Morgan fingerprint density at radius 2 is 2.10 bits per heavy atom. The van der Waals surface area contributed by atoms with Gasteiger partial charge in [0, 0.05) is 29.1 Å². The molecule has 3 aliphatic rings. The van der Waals surface area contributed by atoms with Gasteiger partial charge >= 0.3 is 0 Å². The molecule has 3 nitrogen and oxygen atoms in total. The summed E-state index contributed by atoms with van der Waals surface area (Å²) in [5.41, 5.74) is 0. The Morgan fingerprint density at radius 1 is 1.29 bits per heavy atom. The third kappa shape index (κ3) is 3.73. The smallest absolute Gasteiger partial charge is 0.241 e. The molecule has 3 atom stereocenters. The number of carbonyl (C=O) groups excluding carboxylic acids is 1. The number of nitrogens with one attached hydrogen (secondary N) is 1. The predicted molar refractivity (Wildman–Crippen MR) is 92.9 cm³/mol. The molecule has 3 unspecified atom stereocenters. The molecule has 3 rings (SSSR count). The molecule has 0 aromatic carbocycles. The van der Waals surface area contributed by atoms with Crippen molar-refractivity contribution >= 4 is 29.4 Å². The van der Waals surface area contributed by atoms with E-state index in [-0.39, 0.29) is 6.04 Å². The van der Waals surface area contributed by atoms with Crippen LogP contribution < -0.4 is 5.32 Å². The molecule has 0 spiro atoms. The van der Waals surface area contributed by atoms with Crippen molar-refractivity contribution in [2.24, 2.45) is 5.92 Å². The maximum absolute atomic E-state index is 12.8. The summed E-state index contributed by atoms with van der Waals surface area (Å²) >= 11 is 4.12. The largest absolute Gasteiger partial charge is 0.324 e. The van der Waals surface area contributed by atoms with E-state index < -0.39 is 0 Å². The van der Waals surface area contributed by atoms with Gasteiger partial charge in [0.05, 0.1) is 12.2 Å². The summed E-state index contributed by atoms with van der Waals surface area (Å²) < 4.78 is 0. The highest BCUT2D eigenvalue weighted by Gasteiger charge is 2.43. The van der Waals surface area contributed by atoms with E-state index in [1.165, 1.54) is 42.9 Å². The number of amides is 1. The molecular formula is C16H28N2OS2. The monoisotopic (exact) mass is 328 g/mol. The lowest BCUT2D eigenvalue weighted by atomic mass is 10.0. The van der Waals surface area contributed by atoms with E-state index >= 15 is 0 Å². The number of thioether (sulfide) groups is 2. The fourth-order valence-corrected chi connectivity index (χ4v) is 6.59. The van der Waals surface area contributed by atoms with Gasteiger partial charge in [-0.2, -0.15) is 23.5 Å². The average molecular weight is 329 g/mol. The van der Waals surface area contributed by atoms with Crippen LogP contribution in [0.5, 0.6) is 0 Å². The summed E-state index contributed by atoms with van der Waals surface area (Å²) in [7, 11) is 0. The zero-order valence-corrected chi connectivity index (χ0v) is 14.7. The van der Waals surface area contributed by atoms with Crippen LogP contribution in [0.25, 0.3) is 0 Å². The van der Waals surface area contributed by atoms with Gasteiger partial charge in [-0.1, -0.05) is 26.2 Å². The van der Waals surface area contributed by atoms with Crippen molar-refractivity contribution in [1.29, 1.82) is 0 Å². The van der Waals surface area contributed by atoms with Gasteiger partial charge in [-0.15, -0.1) is 0 Å². The van der Waals surface area contributed by atoms with Crippen LogP contribution in [0.1, 0.15) is 45.4 Å². The summed E-state index contributed by atoms with van der Waals surface area (Å²) in [5.74, 6) is 4.81. The fourth-order valence-electron chi connectivity index (χ4n) is 3.93. The summed E-state index contributed by atoms with van der Waals surface area (Å²) in [6.45, 7) is 3.14. The zero-order valence-electron chi connectivity index (χ0n) is 13.1.